The molecule has 0 aliphatic rings. The highest BCUT2D eigenvalue weighted by atomic mass is 19.1. The van der Waals surface area contributed by atoms with Crippen LogP contribution in [0.1, 0.15) is 10.5 Å². The number of benzene rings is 2. The minimum absolute atomic E-state index is 0.0702. The van der Waals surface area contributed by atoms with Gasteiger partial charge in [0.1, 0.15) is 23.1 Å². The Kier molecular flexibility index (Phi) is 3.73. The van der Waals surface area contributed by atoms with Gasteiger partial charge in [0.25, 0.3) is 5.91 Å². The van der Waals surface area contributed by atoms with Crippen molar-refractivity contribution in [1.82, 2.24) is 4.57 Å². The van der Waals surface area contributed by atoms with Crippen LogP contribution < -0.4 is 10.1 Å². The Morgan fingerprint density at radius 2 is 1.91 bits per heavy atom. The zero-order valence-corrected chi connectivity index (χ0v) is 12.6. The Bertz CT molecular complexity index is 903. The summed E-state index contributed by atoms with van der Waals surface area (Å²) >= 11 is 0. The van der Waals surface area contributed by atoms with Crippen molar-refractivity contribution in [2.45, 2.75) is 0 Å². The fraction of sp³-hybridized carbons (Fsp3) is 0.118. The molecule has 0 aliphatic heterocycles. The third kappa shape index (κ3) is 2.75. The molecule has 0 atom stereocenters. The van der Waals surface area contributed by atoms with Crippen LogP contribution >= 0.6 is 0 Å². The number of methoxy groups -OCH3 is 1. The number of anilines is 1. The zero-order valence-electron chi connectivity index (χ0n) is 12.6. The molecule has 1 N–H and O–H groups in total. The van der Waals surface area contributed by atoms with Crippen molar-refractivity contribution in [1.29, 1.82) is 0 Å². The Morgan fingerprint density at radius 1 is 1.13 bits per heavy atom. The monoisotopic (exact) mass is 316 g/mol. The number of nitrogens with one attached hydrogen (secondary N) is 1. The van der Waals surface area contributed by atoms with Crippen LogP contribution in [0.25, 0.3) is 10.9 Å². The Morgan fingerprint density at radius 3 is 2.61 bits per heavy atom. The largest absolute Gasteiger partial charge is 0.497 e. The average molecular weight is 316 g/mol. The zero-order chi connectivity index (χ0) is 16.6. The summed E-state index contributed by atoms with van der Waals surface area (Å²) in [5, 5.41) is 3.28. The molecule has 0 saturated heterocycles. The maximum absolute atomic E-state index is 13.7. The summed E-state index contributed by atoms with van der Waals surface area (Å²) in [6.07, 6.45) is 0. The molecule has 0 spiro atoms. The first kappa shape index (κ1) is 15.0. The topological polar surface area (TPSA) is 43.3 Å². The van der Waals surface area contributed by atoms with Crippen molar-refractivity contribution >= 4 is 22.5 Å². The Hall–Kier alpha value is -2.89. The number of carbonyl (C=O) groups excluding carboxylic acids is 1. The summed E-state index contributed by atoms with van der Waals surface area (Å²) < 4.78 is 33.4. The number of aromatic nitrogens is 1. The number of nitrogens with zero attached hydrogens (tertiary/aromatic N) is 1. The van der Waals surface area contributed by atoms with Crippen LogP contribution in [0.4, 0.5) is 14.5 Å². The second-order valence-corrected chi connectivity index (χ2v) is 5.09. The highest BCUT2D eigenvalue weighted by Crippen LogP contribution is 2.24. The molecule has 0 radical (unpaired) electrons. The van der Waals surface area contributed by atoms with Gasteiger partial charge in [-0.2, -0.15) is 0 Å². The molecule has 2 aromatic carbocycles. The molecule has 3 aromatic rings. The summed E-state index contributed by atoms with van der Waals surface area (Å²) in [6, 6.07) is 10.1. The Balaban J connectivity index is 1.95. The van der Waals surface area contributed by atoms with E-state index in [0.29, 0.717) is 11.4 Å². The van der Waals surface area contributed by atoms with Gasteiger partial charge < -0.3 is 14.6 Å². The lowest BCUT2D eigenvalue weighted by Crippen LogP contribution is -2.16. The van der Waals surface area contributed by atoms with Crippen molar-refractivity contribution in [2.75, 3.05) is 12.4 Å². The number of hydrogen-bond acceptors (Lipinski definition) is 2. The van der Waals surface area contributed by atoms with E-state index >= 15 is 0 Å². The second kappa shape index (κ2) is 5.72. The molecule has 0 fully saturated rings. The van der Waals surface area contributed by atoms with Gasteiger partial charge in [0.15, 0.2) is 0 Å². The molecule has 1 aromatic heterocycles. The number of aryl methyl sites for hydroxylation is 1. The molecule has 1 heterocycles. The molecule has 23 heavy (non-hydrogen) atoms. The molecule has 3 rings (SSSR count). The predicted octanol–water partition coefficient (Wildman–Crippen LogP) is 3.72. The smallest absolute Gasteiger partial charge is 0.272 e. The summed E-state index contributed by atoms with van der Waals surface area (Å²) in [5.41, 5.74) is 1.13. The highest BCUT2D eigenvalue weighted by molar-refractivity contribution is 6.06. The van der Waals surface area contributed by atoms with E-state index in [1.54, 1.807) is 30.9 Å². The molecule has 0 aliphatic carbocycles. The van der Waals surface area contributed by atoms with Crippen molar-refractivity contribution in [3.05, 3.63) is 59.8 Å². The minimum Gasteiger partial charge on any atom is -0.497 e. The second-order valence-electron chi connectivity index (χ2n) is 5.09. The molecule has 1 amide bonds. The van der Waals surface area contributed by atoms with E-state index in [-0.39, 0.29) is 5.69 Å². The molecule has 0 unspecified atom stereocenters. The van der Waals surface area contributed by atoms with E-state index in [1.807, 2.05) is 12.1 Å². The van der Waals surface area contributed by atoms with E-state index in [4.69, 9.17) is 4.74 Å². The van der Waals surface area contributed by atoms with Crippen molar-refractivity contribution in [3.8, 4) is 5.75 Å². The van der Waals surface area contributed by atoms with Crippen LogP contribution in [-0.2, 0) is 7.05 Å². The fourth-order valence-electron chi connectivity index (χ4n) is 2.45. The quantitative estimate of drug-likeness (QED) is 0.800. The lowest BCUT2D eigenvalue weighted by atomic mass is 10.2. The van der Waals surface area contributed by atoms with Gasteiger partial charge in [0.05, 0.1) is 12.8 Å². The summed E-state index contributed by atoms with van der Waals surface area (Å²) in [7, 11) is 3.31. The fourth-order valence-corrected chi connectivity index (χ4v) is 2.45. The van der Waals surface area contributed by atoms with Crippen LogP contribution in [0.3, 0.4) is 0 Å². The third-order valence-electron chi connectivity index (χ3n) is 3.66. The van der Waals surface area contributed by atoms with Crippen molar-refractivity contribution < 1.29 is 18.3 Å². The van der Waals surface area contributed by atoms with E-state index in [9.17, 15) is 13.6 Å². The molecule has 6 heteroatoms. The average Bonchev–Trinajstić information content (AvgIpc) is 2.86. The van der Waals surface area contributed by atoms with Gasteiger partial charge in [-0.15, -0.1) is 0 Å². The molecular formula is C17H14F2N2O2. The van der Waals surface area contributed by atoms with Crippen LogP contribution in [0.15, 0.2) is 42.5 Å². The number of fused-ring (bicyclic) bond motifs is 1. The van der Waals surface area contributed by atoms with E-state index in [0.717, 1.165) is 23.0 Å². The lowest BCUT2D eigenvalue weighted by Gasteiger charge is -2.07. The summed E-state index contributed by atoms with van der Waals surface area (Å²) in [4.78, 5) is 12.4. The molecule has 118 valence electrons. The van der Waals surface area contributed by atoms with Crippen molar-refractivity contribution in [2.24, 2.45) is 7.05 Å². The molecule has 4 nitrogen and oxygen atoms in total. The number of halogens is 2. The van der Waals surface area contributed by atoms with Crippen LogP contribution in [0.5, 0.6) is 5.75 Å². The third-order valence-corrected chi connectivity index (χ3v) is 3.66. The minimum atomic E-state index is -0.821. The van der Waals surface area contributed by atoms with Gasteiger partial charge in [-0.1, -0.05) is 0 Å². The number of carbonyl (C=O) groups is 1. The maximum Gasteiger partial charge on any atom is 0.272 e. The van der Waals surface area contributed by atoms with Gasteiger partial charge in [-0.3, -0.25) is 4.79 Å². The first-order valence-electron chi connectivity index (χ1n) is 6.89. The van der Waals surface area contributed by atoms with Crippen LogP contribution in [-0.4, -0.2) is 17.6 Å². The molecular weight excluding hydrogens is 302 g/mol. The van der Waals surface area contributed by atoms with Crippen LogP contribution in [0.2, 0.25) is 0 Å². The lowest BCUT2D eigenvalue weighted by molar-refractivity contribution is 0.101. The normalized spacial score (nSPS) is 10.8. The van der Waals surface area contributed by atoms with Gasteiger partial charge in [0, 0.05) is 24.0 Å². The van der Waals surface area contributed by atoms with E-state index in [1.165, 1.54) is 6.07 Å². The summed E-state index contributed by atoms with van der Waals surface area (Å²) in [5.74, 6) is -1.32. The summed E-state index contributed by atoms with van der Waals surface area (Å²) in [6.45, 7) is 0. The van der Waals surface area contributed by atoms with Crippen LogP contribution in [0, 0.1) is 11.6 Å². The van der Waals surface area contributed by atoms with E-state index < -0.39 is 17.5 Å². The molecule has 0 saturated carbocycles. The first-order chi connectivity index (χ1) is 11.0. The van der Waals surface area contributed by atoms with Gasteiger partial charge in [-0.25, -0.2) is 8.78 Å². The number of hydrogen-bond donors (Lipinski definition) is 1. The highest BCUT2D eigenvalue weighted by Gasteiger charge is 2.15. The number of ether oxygens (including phenoxy) is 1. The first-order valence-corrected chi connectivity index (χ1v) is 6.89. The van der Waals surface area contributed by atoms with Gasteiger partial charge in [-0.05, 0) is 36.4 Å². The maximum atomic E-state index is 13.7. The number of amides is 1. The SMILES string of the molecule is COc1ccc2c(c1)cc(C(=O)Nc1ccc(F)cc1F)n2C. The van der Waals surface area contributed by atoms with Crippen molar-refractivity contribution in [3.63, 3.8) is 0 Å². The van der Waals surface area contributed by atoms with Gasteiger partial charge >= 0.3 is 0 Å². The number of rotatable bonds is 3. The van der Waals surface area contributed by atoms with E-state index in [2.05, 4.69) is 5.32 Å². The molecule has 0 bridgehead atoms. The van der Waals surface area contributed by atoms with Gasteiger partial charge in [0.2, 0.25) is 0 Å². The predicted molar refractivity (Wildman–Crippen MR) is 83.8 cm³/mol. The Labute approximate surface area is 131 Å². The standard InChI is InChI=1S/C17H14F2N2O2/c1-21-15-6-4-12(23-2)7-10(15)8-16(21)17(22)20-14-5-3-11(18)9-13(14)19/h3-9H,1-2H3,(H,20,22).